The van der Waals surface area contributed by atoms with Crippen LogP contribution < -0.4 is 0 Å². The fourth-order valence-electron chi connectivity index (χ4n) is 4.46. The first kappa shape index (κ1) is 12.0. The van der Waals surface area contributed by atoms with Crippen molar-refractivity contribution < 1.29 is 5.11 Å². The summed E-state index contributed by atoms with van der Waals surface area (Å²) >= 11 is 0. The lowest BCUT2D eigenvalue weighted by Crippen LogP contribution is -2.43. The monoisotopic (exact) mass is 237 g/mol. The Morgan fingerprint density at radius 2 is 2.06 bits per heavy atom. The van der Waals surface area contributed by atoms with Crippen molar-refractivity contribution >= 4 is 0 Å². The number of nitrogens with zero attached hydrogens (tertiary/aromatic N) is 1. The fraction of sp³-hybridized carbons (Fsp3) is 1.00. The molecule has 0 spiro atoms. The summed E-state index contributed by atoms with van der Waals surface area (Å²) in [5.41, 5.74) is 0.447. The normalized spacial score (nSPS) is 45.4. The maximum atomic E-state index is 10.2. The zero-order valence-electron chi connectivity index (χ0n) is 11.4. The lowest BCUT2D eigenvalue weighted by Gasteiger charge is -2.41. The first-order valence-electron chi connectivity index (χ1n) is 7.46. The molecule has 0 aromatic rings. The van der Waals surface area contributed by atoms with Crippen LogP contribution in [0.25, 0.3) is 0 Å². The lowest BCUT2D eigenvalue weighted by atomic mass is 9.70. The predicted octanol–water partition coefficient (Wildman–Crippen LogP) is 2.66. The van der Waals surface area contributed by atoms with Gasteiger partial charge in [-0.2, -0.15) is 0 Å². The van der Waals surface area contributed by atoms with Crippen molar-refractivity contribution in [2.24, 2.45) is 17.3 Å². The Morgan fingerprint density at radius 1 is 1.24 bits per heavy atom. The summed E-state index contributed by atoms with van der Waals surface area (Å²) in [6.45, 7) is 7.20. The van der Waals surface area contributed by atoms with E-state index in [2.05, 4.69) is 18.7 Å². The molecule has 2 nitrogen and oxygen atoms in total. The number of piperidine rings is 1. The molecule has 1 aliphatic heterocycles. The van der Waals surface area contributed by atoms with Crippen LogP contribution >= 0.6 is 0 Å². The Morgan fingerprint density at radius 3 is 2.71 bits per heavy atom. The molecule has 3 aliphatic rings. The molecule has 17 heavy (non-hydrogen) atoms. The molecule has 0 radical (unpaired) electrons. The zero-order chi connectivity index (χ0) is 12.0. The molecule has 98 valence electrons. The third-order valence-electron chi connectivity index (χ3n) is 5.47. The van der Waals surface area contributed by atoms with Gasteiger partial charge in [0.25, 0.3) is 0 Å². The van der Waals surface area contributed by atoms with E-state index >= 15 is 0 Å². The van der Waals surface area contributed by atoms with Gasteiger partial charge in [0, 0.05) is 19.1 Å². The Balaban J connectivity index is 1.60. The van der Waals surface area contributed by atoms with E-state index in [1.54, 1.807) is 0 Å². The molecule has 3 rings (SSSR count). The van der Waals surface area contributed by atoms with Gasteiger partial charge in [-0.15, -0.1) is 0 Å². The number of likely N-dealkylation sites (tertiary alicyclic amines) is 1. The Hall–Kier alpha value is -0.0800. The van der Waals surface area contributed by atoms with Gasteiger partial charge in [-0.3, -0.25) is 4.90 Å². The molecule has 0 amide bonds. The maximum Gasteiger partial charge on any atom is 0.0581 e. The molecule has 2 bridgehead atoms. The molecule has 1 heterocycles. The molecular weight excluding hydrogens is 210 g/mol. The second-order valence-electron chi connectivity index (χ2n) is 7.52. The van der Waals surface area contributed by atoms with Crippen LogP contribution in [0.1, 0.15) is 52.4 Å². The van der Waals surface area contributed by atoms with E-state index in [-0.39, 0.29) is 6.10 Å². The highest BCUT2D eigenvalue weighted by atomic mass is 16.3. The first-order valence-corrected chi connectivity index (χ1v) is 7.46. The van der Waals surface area contributed by atoms with E-state index in [1.807, 2.05) is 0 Å². The van der Waals surface area contributed by atoms with Crippen molar-refractivity contribution in [3.63, 3.8) is 0 Å². The van der Waals surface area contributed by atoms with Crippen LogP contribution in [0.4, 0.5) is 0 Å². The van der Waals surface area contributed by atoms with E-state index in [0.717, 1.165) is 24.9 Å². The van der Waals surface area contributed by atoms with Crippen LogP contribution in [0.3, 0.4) is 0 Å². The molecule has 4 atom stereocenters. The van der Waals surface area contributed by atoms with Gasteiger partial charge >= 0.3 is 0 Å². The lowest BCUT2D eigenvalue weighted by molar-refractivity contribution is -0.000329. The zero-order valence-corrected chi connectivity index (χ0v) is 11.4. The smallest absolute Gasteiger partial charge is 0.0581 e. The Bertz CT molecular complexity index is 289. The van der Waals surface area contributed by atoms with Gasteiger partial charge in [-0.1, -0.05) is 13.8 Å². The molecule has 0 aromatic heterocycles. The van der Waals surface area contributed by atoms with Gasteiger partial charge in [0.15, 0.2) is 0 Å². The standard InChI is InChI=1S/C15H27NO/c1-15(2)6-5-14(17)12(8-15)10-16-9-11-3-4-13(16)7-11/h11-14,17H,3-10H2,1-2H3. The number of rotatable bonds is 2. The highest BCUT2D eigenvalue weighted by Crippen LogP contribution is 2.42. The molecule has 0 aromatic carbocycles. The van der Waals surface area contributed by atoms with Crippen LogP contribution in [0.2, 0.25) is 0 Å². The molecule has 4 unspecified atom stereocenters. The van der Waals surface area contributed by atoms with Crippen LogP contribution in [0.5, 0.6) is 0 Å². The highest BCUT2D eigenvalue weighted by Gasteiger charge is 2.41. The van der Waals surface area contributed by atoms with Crippen LogP contribution in [0, 0.1) is 17.3 Å². The van der Waals surface area contributed by atoms with E-state index in [4.69, 9.17) is 0 Å². The van der Waals surface area contributed by atoms with E-state index in [0.29, 0.717) is 11.3 Å². The molecule has 2 heteroatoms. The van der Waals surface area contributed by atoms with Crippen LogP contribution in [0.15, 0.2) is 0 Å². The predicted molar refractivity (Wildman–Crippen MR) is 69.8 cm³/mol. The number of aliphatic hydroxyl groups is 1. The van der Waals surface area contributed by atoms with Crippen molar-refractivity contribution in [2.45, 2.75) is 64.5 Å². The number of aliphatic hydroxyl groups excluding tert-OH is 1. The minimum absolute atomic E-state index is 0.0397. The summed E-state index contributed by atoms with van der Waals surface area (Å²) in [4.78, 5) is 2.68. The molecule has 1 saturated heterocycles. The summed E-state index contributed by atoms with van der Waals surface area (Å²) in [6, 6.07) is 0.859. The molecular formula is C15H27NO. The quantitative estimate of drug-likeness (QED) is 0.798. The van der Waals surface area contributed by atoms with Gasteiger partial charge in [0.1, 0.15) is 0 Å². The molecule has 2 aliphatic carbocycles. The SMILES string of the molecule is CC1(C)CCC(O)C(CN2CC3CCC2C3)C1. The van der Waals surface area contributed by atoms with E-state index in [9.17, 15) is 5.11 Å². The van der Waals surface area contributed by atoms with Crippen molar-refractivity contribution in [1.29, 1.82) is 0 Å². The summed E-state index contributed by atoms with van der Waals surface area (Å²) in [5.74, 6) is 1.51. The largest absolute Gasteiger partial charge is 0.393 e. The van der Waals surface area contributed by atoms with Gasteiger partial charge in [-0.25, -0.2) is 0 Å². The summed E-state index contributed by atoms with van der Waals surface area (Å²) in [7, 11) is 0. The third kappa shape index (κ3) is 2.39. The molecule has 1 N–H and O–H groups in total. The number of fused-ring (bicyclic) bond motifs is 2. The minimum atomic E-state index is -0.0397. The second-order valence-corrected chi connectivity index (χ2v) is 7.52. The summed E-state index contributed by atoms with van der Waals surface area (Å²) in [5, 5.41) is 10.2. The van der Waals surface area contributed by atoms with Gasteiger partial charge in [-0.05, 0) is 55.8 Å². The number of hydrogen-bond acceptors (Lipinski definition) is 2. The Labute approximate surface area is 105 Å². The summed E-state index contributed by atoms with van der Waals surface area (Å²) < 4.78 is 0. The van der Waals surface area contributed by atoms with Crippen molar-refractivity contribution in [3.8, 4) is 0 Å². The minimum Gasteiger partial charge on any atom is -0.393 e. The van der Waals surface area contributed by atoms with Crippen LogP contribution in [-0.2, 0) is 0 Å². The van der Waals surface area contributed by atoms with Crippen molar-refractivity contribution in [3.05, 3.63) is 0 Å². The first-order chi connectivity index (χ1) is 8.03. The molecule has 2 saturated carbocycles. The summed E-state index contributed by atoms with van der Waals surface area (Å²) in [6.07, 6.45) is 7.68. The fourth-order valence-corrected chi connectivity index (χ4v) is 4.46. The van der Waals surface area contributed by atoms with Gasteiger partial charge < -0.3 is 5.11 Å². The average molecular weight is 237 g/mol. The van der Waals surface area contributed by atoms with E-state index in [1.165, 1.54) is 38.6 Å². The van der Waals surface area contributed by atoms with Crippen molar-refractivity contribution in [2.75, 3.05) is 13.1 Å². The average Bonchev–Trinajstić information content (AvgIpc) is 2.85. The highest BCUT2D eigenvalue weighted by molar-refractivity contribution is 4.95. The molecule has 3 fully saturated rings. The topological polar surface area (TPSA) is 23.5 Å². The van der Waals surface area contributed by atoms with Gasteiger partial charge in [0.2, 0.25) is 0 Å². The van der Waals surface area contributed by atoms with Gasteiger partial charge in [0.05, 0.1) is 6.10 Å². The Kier molecular flexibility index (Phi) is 2.99. The second kappa shape index (κ2) is 4.24. The third-order valence-corrected chi connectivity index (χ3v) is 5.47. The van der Waals surface area contributed by atoms with E-state index < -0.39 is 0 Å². The van der Waals surface area contributed by atoms with Crippen LogP contribution in [-0.4, -0.2) is 35.2 Å². The maximum absolute atomic E-state index is 10.2. The van der Waals surface area contributed by atoms with Crippen molar-refractivity contribution in [1.82, 2.24) is 4.90 Å². The number of hydrogen-bond donors (Lipinski definition) is 1.